The van der Waals surface area contributed by atoms with E-state index in [0.29, 0.717) is 5.02 Å². The first kappa shape index (κ1) is 12.2. The fraction of sp³-hybridized carbons (Fsp3) is 0.400. The van der Waals surface area contributed by atoms with Crippen molar-refractivity contribution in [2.24, 2.45) is 0 Å². The summed E-state index contributed by atoms with van der Waals surface area (Å²) in [7, 11) is -3.18. The third-order valence-electron chi connectivity index (χ3n) is 2.37. The minimum atomic E-state index is -3.18. The smallest absolute Gasteiger partial charge is 0.209 e. The van der Waals surface area contributed by atoms with Crippen molar-refractivity contribution in [1.29, 1.82) is 0 Å². The van der Waals surface area contributed by atoms with Gasteiger partial charge in [-0.15, -0.1) is 11.8 Å². The fourth-order valence-corrected chi connectivity index (χ4v) is 3.79. The van der Waals surface area contributed by atoms with E-state index < -0.39 is 10.0 Å². The van der Waals surface area contributed by atoms with Crippen LogP contribution in [-0.4, -0.2) is 20.4 Å². The molecule has 1 aromatic carbocycles. The highest BCUT2D eigenvalue weighted by molar-refractivity contribution is 7.99. The molecule has 1 atom stereocenters. The largest absolute Gasteiger partial charge is 0.213 e. The topological polar surface area (TPSA) is 46.2 Å². The second-order valence-corrected chi connectivity index (χ2v) is 7.12. The fourth-order valence-electron chi connectivity index (χ4n) is 1.75. The van der Waals surface area contributed by atoms with Crippen molar-refractivity contribution in [3.05, 3.63) is 28.8 Å². The summed E-state index contributed by atoms with van der Waals surface area (Å²) in [4.78, 5) is 1.11. The van der Waals surface area contributed by atoms with Crippen LogP contribution in [0.25, 0.3) is 0 Å². The van der Waals surface area contributed by atoms with Crippen molar-refractivity contribution >= 4 is 33.4 Å². The van der Waals surface area contributed by atoms with Crippen LogP contribution in [0.4, 0.5) is 0 Å². The number of fused-ring (bicyclic) bond motifs is 1. The van der Waals surface area contributed by atoms with Crippen LogP contribution < -0.4 is 4.72 Å². The van der Waals surface area contributed by atoms with E-state index in [2.05, 4.69) is 4.72 Å². The van der Waals surface area contributed by atoms with Crippen LogP contribution in [-0.2, 0) is 10.0 Å². The molecular formula is C10H12ClNO2S2. The molecule has 1 aromatic rings. The van der Waals surface area contributed by atoms with Crippen molar-refractivity contribution in [3.8, 4) is 0 Å². The highest BCUT2D eigenvalue weighted by Crippen LogP contribution is 2.37. The maximum absolute atomic E-state index is 11.2. The molecule has 0 aliphatic carbocycles. The Kier molecular flexibility index (Phi) is 3.49. The first-order chi connectivity index (χ1) is 7.46. The number of rotatable bonds is 2. The zero-order chi connectivity index (χ0) is 11.8. The predicted octanol–water partition coefficient (Wildman–Crippen LogP) is 2.43. The number of benzene rings is 1. The lowest BCUT2D eigenvalue weighted by molar-refractivity contribution is 0.551. The monoisotopic (exact) mass is 277 g/mol. The van der Waals surface area contributed by atoms with E-state index in [9.17, 15) is 8.42 Å². The van der Waals surface area contributed by atoms with Crippen molar-refractivity contribution in [1.82, 2.24) is 4.72 Å². The molecule has 6 heteroatoms. The lowest BCUT2D eigenvalue weighted by Crippen LogP contribution is -2.29. The lowest BCUT2D eigenvalue weighted by Gasteiger charge is -2.25. The van der Waals surface area contributed by atoms with Crippen LogP contribution in [0.2, 0.25) is 5.02 Å². The summed E-state index contributed by atoms with van der Waals surface area (Å²) >= 11 is 7.66. The van der Waals surface area contributed by atoms with Gasteiger partial charge in [0.15, 0.2) is 0 Å². The van der Waals surface area contributed by atoms with Gasteiger partial charge in [-0.05, 0) is 35.9 Å². The Morgan fingerprint density at radius 3 is 2.94 bits per heavy atom. The Balaban J connectivity index is 2.35. The van der Waals surface area contributed by atoms with Crippen LogP contribution in [0.5, 0.6) is 0 Å². The predicted molar refractivity (Wildman–Crippen MR) is 67.5 cm³/mol. The number of sulfonamides is 1. The van der Waals surface area contributed by atoms with Crippen LogP contribution >= 0.6 is 23.4 Å². The molecule has 0 bridgehead atoms. The van der Waals surface area contributed by atoms with E-state index in [0.717, 1.165) is 22.6 Å². The van der Waals surface area contributed by atoms with Gasteiger partial charge in [0.05, 0.1) is 6.26 Å². The van der Waals surface area contributed by atoms with Gasteiger partial charge in [0.1, 0.15) is 0 Å². The first-order valence-electron chi connectivity index (χ1n) is 4.85. The van der Waals surface area contributed by atoms with Gasteiger partial charge >= 0.3 is 0 Å². The summed E-state index contributed by atoms with van der Waals surface area (Å²) in [5.74, 6) is 0.918. The molecule has 1 heterocycles. The summed E-state index contributed by atoms with van der Waals surface area (Å²) in [5, 5.41) is 0.640. The molecule has 1 N–H and O–H groups in total. The molecule has 0 aromatic heterocycles. The van der Waals surface area contributed by atoms with Crippen LogP contribution in [0.15, 0.2) is 23.1 Å². The quantitative estimate of drug-likeness (QED) is 0.903. The SMILES string of the molecule is CS(=O)(=O)NC1CCSc2ccc(Cl)cc21. The molecule has 0 saturated carbocycles. The van der Waals surface area contributed by atoms with Crippen molar-refractivity contribution in [2.75, 3.05) is 12.0 Å². The second kappa shape index (κ2) is 4.56. The summed E-state index contributed by atoms with van der Waals surface area (Å²) in [6.07, 6.45) is 1.98. The number of thioether (sulfide) groups is 1. The summed E-state index contributed by atoms with van der Waals surface area (Å²) < 4.78 is 25.1. The van der Waals surface area contributed by atoms with E-state index in [1.54, 1.807) is 11.8 Å². The number of hydrogen-bond donors (Lipinski definition) is 1. The molecule has 2 rings (SSSR count). The van der Waals surface area contributed by atoms with Crippen LogP contribution in [0.1, 0.15) is 18.0 Å². The standard InChI is InChI=1S/C10H12ClNO2S2/c1-16(13,14)12-9-4-5-15-10-3-2-7(11)6-8(9)10/h2-3,6,9,12H,4-5H2,1H3. The minimum absolute atomic E-state index is 0.148. The Hall–Kier alpha value is -0.230. The molecule has 3 nitrogen and oxygen atoms in total. The maximum atomic E-state index is 11.2. The highest BCUT2D eigenvalue weighted by Gasteiger charge is 2.23. The summed E-state index contributed by atoms with van der Waals surface area (Å²) in [5.41, 5.74) is 0.981. The average molecular weight is 278 g/mol. The van der Waals surface area contributed by atoms with Crippen LogP contribution in [0, 0.1) is 0 Å². The van der Waals surface area contributed by atoms with Crippen molar-refractivity contribution in [3.63, 3.8) is 0 Å². The number of halogens is 1. The van der Waals surface area contributed by atoms with E-state index in [1.807, 2.05) is 18.2 Å². The molecule has 16 heavy (non-hydrogen) atoms. The van der Waals surface area contributed by atoms with Crippen molar-refractivity contribution < 1.29 is 8.42 Å². The van der Waals surface area contributed by atoms with Crippen molar-refractivity contribution in [2.45, 2.75) is 17.4 Å². The van der Waals surface area contributed by atoms with E-state index in [4.69, 9.17) is 11.6 Å². The first-order valence-corrected chi connectivity index (χ1v) is 8.11. The molecule has 1 aliphatic heterocycles. The Bertz CT molecular complexity index is 502. The number of nitrogens with one attached hydrogen (secondary N) is 1. The summed E-state index contributed by atoms with van der Waals surface area (Å²) in [6.45, 7) is 0. The molecule has 0 spiro atoms. The van der Waals surface area contributed by atoms with Gasteiger partial charge in [0.25, 0.3) is 0 Å². The lowest BCUT2D eigenvalue weighted by atomic mass is 10.1. The normalized spacial score (nSPS) is 20.5. The summed E-state index contributed by atoms with van der Waals surface area (Å²) in [6, 6.07) is 5.46. The molecular weight excluding hydrogens is 266 g/mol. The Labute approximate surface area is 105 Å². The van der Waals surface area contributed by atoms with Gasteiger partial charge in [-0.1, -0.05) is 11.6 Å². The van der Waals surface area contributed by atoms with E-state index >= 15 is 0 Å². The molecule has 88 valence electrons. The molecule has 0 saturated heterocycles. The average Bonchev–Trinajstić information content (AvgIpc) is 2.17. The minimum Gasteiger partial charge on any atom is -0.213 e. The van der Waals surface area contributed by atoms with E-state index in [1.165, 1.54) is 6.26 Å². The van der Waals surface area contributed by atoms with Gasteiger partial charge in [-0.3, -0.25) is 0 Å². The van der Waals surface area contributed by atoms with Gasteiger partial charge in [-0.25, -0.2) is 13.1 Å². The third kappa shape index (κ3) is 2.91. The molecule has 1 unspecified atom stereocenters. The molecule has 1 aliphatic rings. The van der Waals surface area contributed by atoms with E-state index in [-0.39, 0.29) is 6.04 Å². The Morgan fingerprint density at radius 1 is 1.50 bits per heavy atom. The number of hydrogen-bond acceptors (Lipinski definition) is 3. The molecule has 0 radical (unpaired) electrons. The molecule has 0 fully saturated rings. The van der Waals surface area contributed by atoms with Gasteiger partial charge in [-0.2, -0.15) is 0 Å². The Morgan fingerprint density at radius 2 is 2.25 bits per heavy atom. The van der Waals surface area contributed by atoms with Gasteiger partial charge in [0.2, 0.25) is 10.0 Å². The third-order valence-corrected chi connectivity index (χ3v) is 4.44. The van der Waals surface area contributed by atoms with Crippen LogP contribution in [0.3, 0.4) is 0 Å². The van der Waals surface area contributed by atoms with Gasteiger partial charge < -0.3 is 0 Å². The second-order valence-electron chi connectivity index (χ2n) is 3.76. The molecule has 0 amide bonds. The zero-order valence-corrected chi connectivity index (χ0v) is 11.1. The highest BCUT2D eigenvalue weighted by atomic mass is 35.5. The van der Waals surface area contributed by atoms with Gasteiger partial charge in [0, 0.05) is 16.0 Å². The zero-order valence-electron chi connectivity index (χ0n) is 8.73. The maximum Gasteiger partial charge on any atom is 0.209 e.